The quantitative estimate of drug-likeness (QED) is 0.704. The van der Waals surface area contributed by atoms with Crippen LogP contribution in [-0.2, 0) is 11.2 Å². The SMILES string of the molecule is CCC(CC)(CN)C(=O)Nc1ccc(CCO)cc1. The normalized spacial score (nSPS) is 11.4. The number of nitrogens with two attached hydrogens (primary N) is 1. The first kappa shape index (κ1) is 15.7. The molecular weight excluding hydrogens is 240 g/mol. The van der Waals surface area contributed by atoms with Crippen molar-refractivity contribution in [2.45, 2.75) is 33.1 Å². The van der Waals surface area contributed by atoms with E-state index in [1.54, 1.807) is 0 Å². The van der Waals surface area contributed by atoms with Crippen molar-refractivity contribution in [2.24, 2.45) is 11.1 Å². The molecule has 19 heavy (non-hydrogen) atoms. The number of carbonyl (C=O) groups is 1. The van der Waals surface area contributed by atoms with Crippen molar-refractivity contribution in [1.29, 1.82) is 0 Å². The second kappa shape index (κ2) is 7.26. The van der Waals surface area contributed by atoms with Gasteiger partial charge in [-0.3, -0.25) is 4.79 Å². The number of amides is 1. The molecule has 1 aromatic carbocycles. The fourth-order valence-corrected chi connectivity index (χ4v) is 2.10. The molecule has 1 amide bonds. The number of anilines is 1. The number of aliphatic hydroxyl groups is 1. The number of nitrogens with one attached hydrogen (secondary N) is 1. The summed E-state index contributed by atoms with van der Waals surface area (Å²) in [6, 6.07) is 7.53. The van der Waals surface area contributed by atoms with Crippen LogP contribution in [0.1, 0.15) is 32.3 Å². The first-order chi connectivity index (χ1) is 9.11. The summed E-state index contributed by atoms with van der Waals surface area (Å²) in [6.45, 7) is 4.46. The van der Waals surface area contributed by atoms with Crippen molar-refractivity contribution in [1.82, 2.24) is 0 Å². The maximum absolute atomic E-state index is 12.3. The molecule has 0 saturated carbocycles. The second-order valence-electron chi connectivity index (χ2n) is 4.82. The van der Waals surface area contributed by atoms with Crippen molar-refractivity contribution in [3.63, 3.8) is 0 Å². The fourth-order valence-electron chi connectivity index (χ4n) is 2.10. The smallest absolute Gasteiger partial charge is 0.231 e. The highest BCUT2D eigenvalue weighted by Crippen LogP contribution is 2.27. The van der Waals surface area contributed by atoms with Crippen LogP contribution in [0.3, 0.4) is 0 Å². The maximum Gasteiger partial charge on any atom is 0.231 e. The Hall–Kier alpha value is -1.39. The standard InChI is InChI=1S/C15H24N2O2/c1-3-15(4-2,11-16)14(19)17-13-7-5-12(6-8-13)9-10-18/h5-8,18H,3-4,9-11,16H2,1-2H3,(H,17,19). The highest BCUT2D eigenvalue weighted by molar-refractivity contribution is 5.95. The van der Waals surface area contributed by atoms with E-state index in [0.29, 0.717) is 13.0 Å². The number of rotatable bonds is 7. The number of aliphatic hydroxyl groups excluding tert-OH is 1. The number of hydrogen-bond acceptors (Lipinski definition) is 3. The Balaban J connectivity index is 2.75. The third-order valence-corrected chi connectivity index (χ3v) is 3.84. The van der Waals surface area contributed by atoms with E-state index in [4.69, 9.17) is 10.8 Å². The lowest BCUT2D eigenvalue weighted by Crippen LogP contribution is -2.41. The monoisotopic (exact) mass is 264 g/mol. The van der Waals surface area contributed by atoms with E-state index < -0.39 is 5.41 Å². The Bertz CT molecular complexity index is 389. The molecule has 0 fully saturated rings. The summed E-state index contributed by atoms with van der Waals surface area (Å²) in [6.07, 6.45) is 2.09. The van der Waals surface area contributed by atoms with Gasteiger partial charge in [-0.25, -0.2) is 0 Å². The molecule has 4 heteroatoms. The molecule has 0 aliphatic carbocycles. The first-order valence-electron chi connectivity index (χ1n) is 6.83. The largest absolute Gasteiger partial charge is 0.396 e. The molecule has 1 rings (SSSR count). The first-order valence-corrected chi connectivity index (χ1v) is 6.83. The van der Waals surface area contributed by atoms with Gasteiger partial charge in [-0.2, -0.15) is 0 Å². The summed E-state index contributed by atoms with van der Waals surface area (Å²) in [5.41, 5.74) is 7.10. The Morgan fingerprint density at radius 3 is 2.26 bits per heavy atom. The van der Waals surface area contributed by atoms with E-state index in [-0.39, 0.29) is 12.5 Å². The van der Waals surface area contributed by atoms with Gasteiger partial charge in [-0.05, 0) is 37.0 Å². The Morgan fingerprint density at radius 1 is 1.26 bits per heavy atom. The molecule has 0 aromatic heterocycles. The van der Waals surface area contributed by atoms with Crippen LogP contribution in [0, 0.1) is 5.41 Å². The van der Waals surface area contributed by atoms with Gasteiger partial charge < -0.3 is 16.2 Å². The summed E-state index contributed by atoms with van der Waals surface area (Å²) >= 11 is 0. The van der Waals surface area contributed by atoms with E-state index in [2.05, 4.69) is 5.32 Å². The van der Waals surface area contributed by atoms with Crippen LogP contribution in [0.15, 0.2) is 24.3 Å². The average Bonchev–Trinajstić information content (AvgIpc) is 2.44. The van der Waals surface area contributed by atoms with Gasteiger partial charge in [0, 0.05) is 18.8 Å². The molecule has 0 spiro atoms. The van der Waals surface area contributed by atoms with Crippen LogP contribution in [0.25, 0.3) is 0 Å². The van der Waals surface area contributed by atoms with E-state index in [1.165, 1.54) is 0 Å². The van der Waals surface area contributed by atoms with Crippen molar-refractivity contribution < 1.29 is 9.90 Å². The fraction of sp³-hybridized carbons (Fsp3) is 0.533. The lowest BCUT2D eigenvalue weighted by molar-refractivity contribution is -0.125. The molecule has 0 radical (unpaired) electrons. The van der Waals surface area contributed by atoms with Gasteiger partial charge in [0.15, 0.2) is 0 Å². The van der Waals surface area contributed by atoms with Crippen molar-refractivity contribution in [2.75, 3.05) is 18.5 Å². The summed E-state index contributed by atoms with van der Waals surface area (Å²) < 4.78 is 0. The van der Waals surface area contributed by atoms with Crippen LogP contribution in [0.2, 0.25) is 0 Å². The molecule has 1 aromatic rings. The van der Waals surface area contributed by atoms with Gasteiger partial charge in [0.05, 0.1) is 5.41 Å². The highest BCUT2D eigenvalue weighted by atomic mass is 16.2. The second-order valence-corrected chi connectivity index (χ2v) is 4.82. The molecule has 4 nitrogen and oxygen atoms in total. The Kier molecular flexibility index (Phi) is 5.99. The summed E-state index contributed by atoms with van der Waals surface area (Å²) in [7, 11) is 0. The predicted molar refractivity (Wildman–Crippen MR) is 77.9 cm³/mol. The number of hydrogen-bond donors (Lipinski definition) is 3. The van der Waals surface area contributed by atoms with E-state index >= 15 is 0 Å². The van der Waals surface area contributed by atoms with Gasteiger partial charge in [0.2, 0.25) is 5.91 Å². The van der Waals surface area contributed by atoms with Crippen molar-refractivity contribution >= 4 is 11.6 Å². The van der Waals surface area contributed by atoms with Crippen LogP contribution in [0.4, 0.5) is 5.69 Å². The molecule has 4 N–H and O–H groups in total. The van der Waals surface area contributed by atoms with Gasteiger partial charge in [-0.15, -0.1) is 0 Å². The Labute approximate surface area is 115 Å². The summed E-state index contributed by atoms with van der Waals surface area (Å²) in [4.78, 5) is 12.3. The van der Waals surface area contributed by atoms with Gasteiger partial charge >= 0.3 is 0 Å². The van der Waals surface area contributed by atoms with E-state index in [9.17, 15) is 4.79 Å². The molecule has 0 aliphatic rings. The minimum atomic E-state index is -0.482. The topological polar surface area (TPSA) is 75.4 Å². The molecular formula is C15H24N2O2. The zero-order valence-electron chi connectivity index (χ0n) is 11.8. The molecule has 0 aliphatic heterocycles. The number of benzene rings is 1. The van der Waals surface area contributed by atoms with Crippen LogP contribution in [0.5, 0.6) is 0 Å². The summed E-state index contributed by atoms with van der Waals surface area (Å²) in [5.74, 6) is -0.0186. The molecule has 0 saturated heterocycles. The third-order valence-electron chi connectivity index (χ3n) is 3.84. The van der Waals surface area contributed by atoms with E-state index in [0.717, 1.165) is 24.1 Å². The van der Waals surface area contributed by atoms with Gasteiger partial charge in [-0.1, -0.05) is 26.0 Å². The molecule has 106 valence electrons. The Morgan fingerprint density at radius 2 is 1.84 bits per heavy atom. The zero-order chi connectivity index (χ0) is 14.3. The molecule has 0 heterocycles. The van der Waals surface area contributed by atoms with Crippen molar-refractivity contribution in [3.05, 3.63) is 29.8 Å². The van der Waals surface area contributed by atoms with Gasteiger partial charge in [0.1, 0.15) is 0 Å². The van der Waals surface area contributed by atoms with Crippen molar-refractivity contribution in [3.8, 4) is 0 Å². The van der Waals surface area contributed by atoms with Crippen LogP contribution in [-0.4, -0.2) is 24.2 Å². The van der Waals surface area contributed by atoms with Crippen LogP contribution < -0.4 is 11.1 Å². The molecule has 0 unspecified atom stereocenters. The molecule has 0 bridgehead atoms. The maximum atomic E-state index is 12.3. The third kappa shape index (κ3) is 3.78. The minimum absolute atomic E-state index is 0.0186. The zero-order valence-corrected chi connectivity index (χ0v) is 11.8. The molecule has 0 atom stereocenters. The predicted octanol–water partition coefficient (Wildman–Crippen LogP) is 1.92. The lowest BCUT2D eigenvalue weighted by atomic mass is 9.81. The minimum Gasteiger partial charge on any atom is -0.396 e. The van der Waals surface area contributed by atoms with Crippen LogP contribution >= 0.6 is 0 Å². The number of carbonyl (C=O) groups excluding carboxylic acids is 1. The highest BCUT2D eigenvalue weighted by Gasteiger charge is 2.33. The lowest BCUT2D eigenvalue weighted by Gasteiger charge is -2.28. The van der Waals surface area contributed by atoms with E-state index in [1.807, 2.05) is 38.1 Å². The summed E-state index contributed by atoms with van der Waals surface area (Å²) in [5, 5.41) is 11.8. The van der Waals surface area contributed by atoms with Gasteiger partial charge in [0.25, 0.3) is 0 Å². The average molecular weight is 264 g/mol.